The van der Waals surface area contributed by atoms with Crippen LogP contribution < -0.4 is 0 Å². The van der Waals surface area contributed by atoms with E-state index in [0.29, 0.717) is 11.3 Å². The second-order valence-electron chi connectivity index (χ2n) is 3.94. The zero-order valence-electron chi connectivity index (χ0n) is 9.39. The third-order valence-corrected chi connectivity index (χ3v) is 3.63. The minimum absolute atomic E-state index is 0.298. The van der Waals surface area contributed by atoms with Gasteiger partial charge in [0.05, 0.1) is 10.0 Å². The maximum Gasteiger partial charge on any atom is 0.344 e. The van der Waals surface area contributed by atoms with Gasteiger partial charge in [-0.2, -0.15) is 0 Å². The standard InChI is InChI=1S/C15H9BrO2/c16-13(10-6-2-1-3-7-10)14-11-8-4-5-9-12(11)15(17)18-14/h1-9H. The number of hydrogen-bond donors (Lipinski definition) is 0. The number of hydrogen-bond acceptors (Lipinski definition) is 2. The van der Waals surface area contributed by atoms with Gasteiger partial charge in [-0.1, -0.05) is 48.5 Å². The Morgan fingerprint density at radius 3 is 2.22 bits per heavy atom. The van der Waals surface area contributed by atoms with E-state index >= 15 is 0 Å². The average Bonchev–Trinajstić information content (AvgIpc) is 2.77. The van der Waals surface area contributed by atoms with E-state index in [1.54, 1.807) is 6.07 Å². The summed E-state index contributed by atoms with van der Waals surface area (Å²) in [5.74, 6) is 0.287. The molecule has 0 amide bonds. The Bertz CT molecular complexity index is 645. The molecule has 0 atom stereocenters. The lowest BCUT2D eigenvalue weighted by molar-refractivity contribution is 0.0717. The molecule has 0 bridgehead atoms. The van der Waals surface area contributed by atoms with Gasteiger partial charge in [-0.25, -0.2) is 4.79 Å². The molecule has 88 valence electrons. The topological polar surface area (TPSA) is 26.3 Å². The maximum absolute atomic E-state index is 11.7. The van der Waals surface area contributed by atoms with Crippen molar-refractivity contribution in [3.05, 3.63) is 71.3 Å². The summed E-state index contributed by atoms with van der Waals surface area (Å²) in [6.07, 6.45) is 0. The SMILES string of the molecule is O=C1OC(=C(Br)c2ccccc2)c2ccccc21. The second-order valence-corrected chi connectivity index (χ2v) is 4.74. The van der Waals surface area contributed by atoms with Crippen molar-refractivity contribution in [1.29, 1.82) is 0 Å². The second kappa shape index (κ2) is 4.42. The van der Waals surface area contributed by atoms with E-state index in [4.69, 9.17) is 4.74 Å². The average molecular weight is 301 g/mol. The third kappa shape index (κ3) is 1.77. The van der Waals surface area contributed by atoms with Crippen LogP contribution in [0.2, 0.25) is 0 Å². The number of fused-ring (bicyclic) bond motifs is 1. The van der Waals surface area contributed by atoms with Crippen molar-refractivity contribution in [3.8, 4) is 0 Å². The summed E-state index contributed by atoms with van der Waals surface area (Å²) in [7, 11) is 0. The van der Waals surface area contributed by atoms with Crippen molar-refractivity contribution in [1.82, 2.24) is 0 Å². The summed E-state index contributed by atoms with van der Waals surface area (Å²) < 4.78 is 6.13. The molecule has 0 saturated heterocycles. The molecule has 1 heterocycles. The van der Waals surface area contributed by atoms with Gasteiger partial charge in [0.25, 0.3) is 0 Å². The first kappa shape index (κ1) is 11.2. The van der Waals surface area contributed by atoms with E-state index in [1.165, 1.54) is 0 Å². The number of rotatable bonds is 1. The Morgan fingerprint density at radius 2 is 1.50 bits per heavy atom. The first-order valence-electron chi connectivity index (χ1n) is 5.54. The summed E-state index contributed by atoms with van der Waals surface area (Å²) in [5.41, 5.74) is 2.43. The van der Waals surface area contributed by atoms with Crippen molar-refractivity contribution >= 4 is 32.1 Å². The molecule has 18 heavy (non-hydrogen) atoms. The van der Waals surface area contributed by atoms with Gasteiger partial charge in [0, 0.05) is 5.56 Å². The normalized spacial score (nSPS) is 16.2. The molecule has 3 heteroatoms. The van der Waals surface area contributed by atoms with Gasteiger partial charge in [0.1, 0.15) is 0 Å². The van der Waals surface area contributed by atoms with Crippen molar-refractivity contribution in [2.45, 2.75) is 0 Å². The van der Waals surface area contributed by atoms with Gasteiger partial charge in [0.2, 0.25) is 0 Å². The molecule has 0 N–H and O–H groups in total. The largest absolute Gasteiger partial charge is 0.421 e. The van der Waals surface area contributed by atoms with Crippen LogP contribution in [0.25, 0.3) is 10.2 Å². The fourth-order valence-electron chi connectivity index (χ4n) is 1.94. The van der Waals surface area contributed by atoms with E-state index < -0.39 is 0 Å². The number of cyclic esters (lactones) is 1. The summed E-state index contributed by atoms with van der Waals surface area (Å²) >= 11 is 3.51. The zero-order chi connectivity index (χ0) is 12.5. The lowest BCUT2D eigenvalue weighted by Crippen LogP contribution is -1.92. The molecule has 0 radical (unpaired) electrons. The molecular formula is C15H9BrO2. The Balaban J connectivity index is 2.17. The van der Waals surface area contributed by atoms with Crippen LogP contribution in [-0.2, 0) is 4.74 Å². The number of halogens is 1. The van der Waals surface area contributed by atoms with Crippen molar-refractivity contribution in [2.24, 2.45) is 0 Å². The summed E-state index contributed by atoms with van der Waals surface area (Å²) in [4.78, 5) is 11.7. The smallest absolute Gasteiger partial charge is 0.344 e. The molecule has 2 aromatic carbocycles. The fraction of sp³-hybridized carbons (Fsp3) is 0. The van der Waals surface area contributed by atoms with Crippen LogP contribution in [0.15, 0.2) is 54.6 Å². The van der Waals surface area contributed by atoms with E-state index in [0.717, 1.165) is 15.6 Å². The Morgan fingerprint density at radius 1 is 0.889 bits per heavy atom. The number of ether oxygens (including phenoxy) is 1. The molecule has 1 aliphatic rings. The molecule has 0 unspecified atom stereocenters. The highest BCUT2D eigenvalue weighted by molar-refractivity contribution is 9.15. The molecule has 3 rings (SSSR count). The van der Waals surface area contributed by atoms with E-state index in [1.807, 2.05) is 48.5 Å². The molecule has 2 aromatic rings. The predicted molar refractivity (Wildman–Crippen MR) is 74.0 cm³/mol. The minimum atomic E-state index is -0.298. The summed E-state index contributed by atoms with van der Waals surface area (Å²) in [5, 5.41) is 0. The van der Waals surface area contributed by atoms with Gasteiger partial charge in [-0.05, 0) is 27.6 Å². The van der Waals surface area contributed by atoms with Crippen LogP contribution in [0.1, 0.15) is 21.5 Å². The van der Waals surface area contributed by atoms with Crippen LogP contribution in [0.5, 0.6) is 0 Å². The van der Waals surface area contributed by atoms with Crippen LogP contribution in [0.4, 0.5) is 0 Å². The molecule has 1 aliphatic heterocycles. The number of esters is 1. The fourth-order valence-corrected chi connectivity index (χ4v) is 2.50. The Hall–Kier alpha value is -1.87. The van der Waals surface area contributed by atoms with Crippen molar-refractivity contribution < 1.29 is 9.53 Å². The molecule has 0 spiro atoms. The minimum Gasteiger partial charge on any atom is -0.421 e. The molecule has 0 fully saturated rings. The van der Waals surface area contributed by atoms with Gasteiger partial charge >= 0.3 is 5.97 Å². The van der Waals surface area contributed by atoms with Crippen molar-refractivity contribution in [2.75, 3.05) is 0 Å². The molecular weight excluding hydrogens is 292 g/mol. The molecule has 0 aliphatic carbocycles. The highest BCUT2D eigenvalue weighted by atomic mass is 79.9. The monoisotopic (exact) mass is 300 g/mol. The first-order valence-corrected chi connectivity index (χ1v) is 6.33. The lowest BCUT2D eigenvalue weighted by atomic mass is 10.1. The number of benzene rings is 2. The van der Waals surface area contributed by atoms with Gasteiger partial charge < -0.3 is 4.74 Å². The van der Waals surface area contributed by atoms with Crippen LogP contribution in [0, 0.1) is 0 Å². The highest BCUT2D eigenvalue weighted by Crippen LogP contribution is 2.38. The predicted octanol–water partition coefficient (Wildman–Crippen LogP) is 4.08. The lowest BCUT2D eigenvalue weighted by Gasteiger charge is -2.04. The maximum atomic E-state index is 11.7. The summed E-state index contributed by atoms with van der Waals surface area (Å²) in [6, 6.07) is 17.2. The van der Waals surface area contributed by atoms with Crippen LogP contribution >= 0.6 is 15.9 Å². The van der Waals surface area contributed by atoms with Gasteiger partial charge in [-0.15, -0.1) is 0 Å². The Kier molecular flexibility index (Phi) is 2.76. The third-order valence-electron chi connectivity index (χ3n) is 2.81. The molecule has 2 nitrogen and oxygen atoms in total. The quantitative estimate of drug-likeness (QED) is 0.742. The van der Waals surface area contributed by atoms with Crippen LogP contribution in [-0.4, -0.2) is 5.97 Å². The van der Waals surface area contributed by atoms with E-state index in [2.05, 4.69) is 15.9 Å². The zero-order valence-corrected chi connectivity index (χ0v) is 11.0. The van der Waals surface area contributed by atoms with Gasteiger partial charge in [-0.3, -0.25) is 0 Å². The van der Waals surface area contributed by atoms with Crippen LogP contribution in [0.3, 0.4) is 0 Å². The molecule has 0 aromatic heterocycles. The van der Waals surface area contributed by atoms with E-state index in [-0.39, 0.29) is 5.97 Å². The Labute approximate surface area is 113 Å². The summed E-state index contributed by atoms with van der Waals surface area (Å²) in [6.45, 7) is 0. The molecule has 0 saturated carbocycles. The van der Waals surface area contributed by atoms with E-state index in [9.17, 15) is 4.79 Å². The number of carbonyl (C=O) groups excluding carboxylic acids is 1. The number of carbonyl (C=O) groups is 1. The van der Waals surface area contributed by atoms with Gasteiger partial charge in [0.15, 0.2) is 5.76 Å². The highest BCUT2D eigenvalue weighted by Gasteiger charge is 2.28. The first-order chi connectivity index (χ1) is 8.77. The van der Waals surface area contributed by atoms with Crippen molar-refractivity contribution in [3.63, 3.8) is 0 Å².